The van der Waals surface area contributed by atoms with E-state index in [2.05, 4.69) is 9.97 Å². The van der Waals surface area contributed by atoms with Crippen molar-refractivity contribution in [3.05, 3.63) is 70.3 Å². The van der Waals surface area contributed by atoms with E-state index in [0.717, 1.165) is 4.90 Å². The lowest BCUT2D eigenvalue weighted by molar-refractivity contribution is 0.0462. The van der Waals surface area contributed by atoms with Crippen LogP contribution in [0.25, 0.3) is 10.9 Å². The molecule has 0 bridgehead atoms. The Morgan fingerprint density at radius 1 is 1.17 bits per heavy atom. The molecule has 0 saturated carbocycles. The van der Waals surface area contributed by atoms with Gasteiger partial charge in [-0.2, -0.15) is 0 Å². The number of carbonyl (C=O) groups is 1. The Kier molecular flexibility index (Phi) is 4.43. The van der Waals surface area contributed by atoms with Gasteiger partial charge in [0.25, 0.3) is 5.56 Å². The van der Waals surface area contributed by atoms with Gasteiger partial charge in [0.1, 0.15) is 12.4 Å². The molecule has 6 heteroatoms. The summed E-state index contributed by atoms with van der Waals surface area (Å²) >= 11 is 1.60. The highest BCUT2D eigenvalue weighted by molar-refractivity contribution is 7.98. The summed E-state index contributed by atoms with van der Waals surface area (Å²) < 4.78 is 5.21. The summed E-state index contributed by atoms with van der Waals surface area (Å²) in [6.07, 6.45) is 1.97. The Morgan fingerprint density at radius 2 is 1.91 bits per heavy atom. The molecule has 0 fully saturated rings. The number of fused-ring (bicyclic) bond motifs is 1. The van der Waals surface area contributed by atoms with Crippen LogP contribution in [0.2, 0.25) is 0 Å². The molecule has 0 aliphatic heterocycles. The van der Waals surface area contributed by atoms with Gasteiger partial charge in [0, 0.05) is 4.90 Å². The van der Waals surface area contributed by atoms with Crippen LogP contribution in [0.15, 0.2) is 58.2 Å². The number of nitrogens with zero attached hydrogens (tertiary/aromatic N) is 1. The number of ether oxygens (including phenoxy) is 1. The van der Waals surface area contributed by atoms with Crippen molar-refractivity contribution in [2.45, 2.75) is 11.5 Å². The molecule has 0 radical (unpaired) electrons. The fourth-order valence-corrected chi connectivity index (χ4v) is 2.56. The molecule has 3 rings (SSSR count). The van der Waals surface area contributed by atoms with Crippen molar-refractivity contribution in [2.24, 2.45) is 0 Å². The lowest BCUT2D eigenvalue weighted by Gasteiger charge is -2.06. The fraction of sp³-hybridized carbons (Fsp3) is 0.118. The largest absolute Gasteiger partial charge is 0.454 e. The van der Waals surface area contributed by atoms with Gasteiger partial charge in [-0.1, -0.05) is 12.1 Å². The van der Waals surface area contributed by atoms with Crippen LogP contribution >= 0.6 is 11.8 Å². The predicted molar refractivity (Wildman–Crippen MR) is 89.7 cm³/mol. The number of H-pyrrole nitrogens is 1. The van der Waals surface area contributed by atoms with Gasteiger partial charge >= 0.3 is 5.97 Å². The minimum Gasteiger partial charge on any atom is -0.454 e. The minimum absolute atomic E-state index is 0.0802. The lowest BCUT2D eigenvalue weighted by atomic mass is 10.2. The monoisotopic (exact) mass is 326 g/mol. The van der Waals surface area contributed by atoms with Gasteiger partial charge in [-0.15, -0.1) is 11.8 Å². The molecular formula is C17H14N2O3S. The minimum atomic E-state index is -0.450. The number of carbonyl (C=O) groups excluding carboxylic acids is 1. The molecule has 0 amide bonds. The van der Waals surface area contributed by atoms with Gasteiger partial charge in [0.05, 0.1) is 16.5 Å². The highest BCUT2D eigenvalue weighted by Crippen LogP contribution is 2.15. The summed E-state index contributed by atoms with van der Waals surface area (Å²) in [7, 11) is 0. The van der Waals surface area contributed by atoms with E-state index in [4.69, 9.17) is 4.74 Å². The zero-order chi connectivity index (χ0) is 16.2. The molecule has 1 heterocycles. The summed E-state index contributed by atoms with van der Waals surface area (Å²) in [6.45, 7) is -0.0802. The average molecular weight is 326 g/mol. The van der Waals surface area contributed by atoms with Crippen molar-refractivity contribution in [1.29, 1.82) is 0 Å². The summed E-state index contributed by atoms with van der Waals surface area (Å²) in [6, 6.07) is 14.2. The van der Waals surface area contributed by atoms with Crippen molar-refractivity contribution >= 4 is 28.6 Å². The molecule has 0 aliphatic carbocycles. The van der Waals surface area contributed by atoms with Crippen molar-refractivity contribution in [1.82, 2.24) is 9.97 Å². The fourth-order valence-electron chi connectivity index (χ4n) is 2.15. The van der Waals surface area contributed by atoms with Crippen molar-refractivity contribution in [3.63, 3.8) is 0 Å². The van der Waals surface area contributed by atoms with Crippen LogP contribution in [0.1, 0.15) is 16.2 Å². The highest BCUT2D eigenvalue weighted by atomic mass is 32.2. The maximum Gasteiger partial charge on any atom is 0.338 e. The van der Waals surface area contributed by atoms with Crippen molar-refractivity contribution in [3.8, 4) is 0 Å². The van der Waals surface area contributed by atoms with Crippen LogP contribution in [0, 0.1) is 0 Å². The summed E-state index contributed by atoms with van der Waals surface area (Å²) in [5.41, 5.74) is 0.795. The number of aromatic nitrogens is 2. The number of aromatic amines is 1. The van der Waals surface area contributed by atoms with E-state index >= 15 is 0 Å². The topological polar surface area (TPSA) is 72.0 Å². The van der Waals surface area contributed by atoms with Crippen LogP contribution < -0.4 is 5.56 Å². The zero-order valence-electron chi connectivity index (χ0n) is 12.4. The maximum absolute atomic E-state index is 12.0. The van der Waals surface area contributed by atoms with E-state index in [-0.39, 0.29) is 12.2 Å². The molecule has 0 spiro atoms. The number of para-hydroxylation sites is 1. The second-order valence-corrected chi connectivity index (χ2v) is 5.71. The second-order valence-electron chi connectivity index (χ2n) is 4.83. The number of nitrogens with one attached hydrogen (secondary N) is 1. The van der Waals surface area contributed by atoms with Crippen LogP contribution in [0.3, 0.4) is 0 Å². The number of esters is 1. The SMILES string of the molecule is CSc1ccc(C(=O)OCc2nc3ccccc3c(=O)[nH]2)cc1. The van der Waals surface area contributed by atoms with Crippen LogP contribution in [0.4, 0.5) is 0 Å². The highest BCUT2D eigenvalue weighted by Gasteiger charge is 2.09. The molecule has 0 unspecified atom stereocenters. The Labute approximate surface area is 136 Å². The second kappa shape index (κ2) is 6.66. The number of hydrogen-bond acceptors (Lipinski definition) is 5. The Balaban J connectivity index is 1.74. The third-order valence-electron chi connectivity index (χ3n) is 3.33. The predicted octanol–water partition coefficient (Wildman–Crippen LogP) is 3.00. The first kappa shape index (κ1) is 15.3. The molecule has 0 saturated heterocycles. The van der Waals surface area contributed by atoms with E-state index in [1.54, 1.807) is 48.2 Å². The van der Waals surface area contributed by atoms with Gasteiger partial charge in [-0.3, -0.25) is 4.79 Å². The van der Waals surface area contributed by atoms with Crippen LogP contribution in [-0.4, -0.2) is 22.2 Å². The molecule has 3 aromatic rings. The van der Waals surface area contributed by atoms with Gasteiger partial charge in [-0.05, 0) is 42.7 Å². The zero-order valence-corrected chi connectivity index (χ0v) is 13.2. The molecule has 2 aromatic carbocycles. The van der Waals surface area contributed by atoms with Crippen molar-refractivity contribution in [2.75, 3.05) is 6.26 Å². The van der Waals surface area contributed by atoms with Gasteiger partial charge in [0.15, 0.2) is 0 Å². The van der Waals surface area contributed by atoms with E-state index in [9.17, 15) is 9.59 Å². The smallest absolute Gasteiger partial charge is 0.338 e. The van der Waals surface area contributed by atoms with E-state index in [0.29, 0.717) is 22.3 Å². The lowest BCUT2D eigenvalue weighted by Crippen LogP contribution is -2.14. The molecule has 0 aliphatic rings. The first-order valence-electron chi connectivity index (χ1n) is 6.96. The van der Waals surface area contributed by atoms with E-state index in [1.807, 2.05) is 18.4 Å². The molecule has 5 nitrogen and oxygen atoms in total. The van der Waals surface area contributed by atoms with E-state index in [1.165, 1.54) is 0 Å². The Bertz CT molecular complexity index is 904. The van der Waals surface area contributed by atoms with Crippen LogP contribution in [-0.2, 0) is 11.3 Å². The molecular weight excluding hydrogens is 312 g/mol. The molecule has 116 valence electrons. The first-order chi connectivity index (χ1) is 11.2. The summed E-state index contributed by atoms with van der Waals surface area (Å²) in [5.74, 6) is -0.128. The average Bonchev–Trinajstić information content (AvgIpc) is 2.60. The third kappa shape index (κ3) is 3.43. The molecule has 1 aromatic heterocycles. The van der Waals surface area contributed by atoms with Crippen LogP contribution in [0.5, 0.6) is 0 Å². The third-order valence-corrected chi connectivity index (χ3v) is 4.07. The maximum atomic E-state index is 12.0. The van der Waals surface area contributed by atoms with Gasteiger partial charge < -0.3 is 9.72 Å². The first-order valence-corrected chi connectivity index (χ1v) is 8.19. The molecule has 0 atom stereocenters. The number of benzene rings is 2. The normalized spacial score (nSPS) is 10.7. The Morgan fingerprint density at radius 3 is 2.65 bits per heavy atom. The number of thioether (sulfide) groups is 1. The number of hydrogen-bond donors (Lipinski definition) is 1. The van der Waals surface area contributed by atoms with Crippen molar-refractivity contribution < 1.29 is 9.53 Å². The van der Waals surface area contributed by atoms with Gasteiger partial charge in [0.2, 0.25) is 0 Å². The quantitative estimate of drug-likeness (QED) is 0.589. The van der Waals surface area contributed by atoms with Gasteiger partial charge in [-0.25, -0.2) is 9.78 Å². The summed E-state index contributed by atoms with van der Waals surface area (Å²) in [4.78, 5) is 32.0. The molecule has 23 heavy (non-hydrogen) atoms. The summed E-state index contributed by atoms with van der Waals surface area (Å²) in [5, 5.41) is 0.509. The number of rotatable bonds is 4. The Hall–Kier alpha value is -2.60. The molecule has 1 N–H and O–H groups in total. The van der Waals surface area contributed by atoms with E-state index < -0.39 is 5.97 Å². The standard InChI is InChI=1S/C17H14N2O3S/c1-23-12-8-6-11(7-9-12)17(21)22-10-15-18-14-5-3-2-4-13(14)16(20)19-15/h2-9H,10H2,1H3,(H,18,19,20).